The van der Waals surface area contributed by atoms with Gasteiger partial charge in [0.2, 0.25) is 9.47 Å². The third-order valence-corrected chi connectivity index (χ3v) is 7.25. The van der Waals surface area contributed by atoms with Gasteiger partial charge in [-0.25, -0.2) is 13.1 Å². The van der Waals surface area contributed by atoms with E-state index in [2.05, 4.69) is 41.0 Å². The molecule has 158 valence electrons. The van der Waals surface area contributed by atoms with Crippen LogP contribution in [0.15, 0.2) is 58.9 Å². The molecule has 0 radical (unpaired) electrons. The van der Waals surface area contributed by atoms with Crippen molar-refractivity contribution in [3.8, 4) is 0 Å². The van der Waals surface area contributed by atoms with Crippen LogP contribution in [0.2, 0.25) is 0 Å². The van der Waals surface area contributed by atoms with Crippen molar-refractivity contribution in [3.05, 3.63) is 71.3 Å². The van der Waals surface area contributed by atoms with E-state index in [-0.39, 0.29) is 20.8 Å². The first-order chi connectivity index (χ1) is 14.1. The maximum Gasteiger partial charge on any atom is 0.270 e. The molecule has 1 atom stereocenters. The maximum absolute atomic E-state index is 12.7. The van der Waals surface area contributed by atoms with Crippen molar-refractivity contribution in [1.82, 2.24) is 14.9 Å². The average molecular weight is 445 g/mol. The molecule has 0 bridgehead atoms. The van der Waals surface area contributed by atoms with Gasteiger partial charge in [0.1, 0.15) is 0 Å². The van der Waals surface area contributed by atoms with Crippen molar-refractivity contribution < 1.29 is 13.2 Å². The molecule has 7 nitrogen and oxygen atoms in total. The first kappa shape index (κ1) is 22.1. The van der Waals surface area contributed by atoms with Gasteiger partial charge in [0, 0.05) is 11.6 Å². The van der Waals surface area contributed by atoms with Gasteiger partial charge < -0.3 is 0 Å². The molecule has 0 spiro atoms. The molecule has 2 N–H and O–H groups in total. The van der Waals surface area contributed by atoms with E-state index >= 15 is 0 Å². The number of hydrogen-bond donors (Lipinski definition) is 2. The van der Waals surface area contributed by atoms with Gasteiger partial charge >= 0.3 is 0 Å². The van der Waals surface area contributed by atoms with Crippen molar-refractivity contribution in [3.63, 3.8) is 0 Å². The molecule has 0 aliphatic heterocycles. The molecule has 1 amide bonds. The van der Waals surface area contributed by atoms with E-state index in [9.17, 15) is 13.2 Å². The molecule has 0 unspecified atom stereocenters. The molecule has 1 heterocycles. The average Bonchev–Trinajstić information content (AvgIpc) is 3.17. The fourth-order valence-corrected chi connectivity index (χ4v) is 4.89. The second-order valence-corrected chi connectivity index (χ2v) is 10.8. The molecule has 3 rings (SSSR count). The minimum atomic E-state index is -3.88. The second-order valence-electron chi connectivity index (χ2n) is 7.91. The summed E-state index contributed by atoms with van der Waals surface area (Å²) in [4.78, 5) is 12.2. The Labute approximate surface area is 180 Å². The van der Waals surface area contributed by atoms with Crippen LogP contribution in [0.4, 0.5) is 5.13 Å². The predicted molar refractivity (Wildman–Crippen MR) is 118 cm³/mol. The molecule has 0 fully saturated rings. The SMILES string of the molecule is C[C@@H](NS(=O)(=O)c1nnc(NC(=O)c2ccccc2)s1)c1ccc(C(C)(C)C)cc1. The Morgan fingerprint density at radius 2 is 1.63 bits per heavy atom. The largest absolute Gasteiger partial charge is 0.296 e. The highest BCUT2D eigenvalue weighted by Crippen LogP contribution is 2.26. The van der Waals surface area contributed by atoms with Crippen molar-refractivity contribution in [2.24, 2.45) is 0 Å². The topological polar surface area (TPSA) is 101 Å². The standard InChI is InChI=1S/C21H24N4O3S2/c1-14(15-10-12-17(13-11-15)21(2,3)4)25-30(27,28)20-24-23-19(29-20)22-18(26)16-8-6-5-7-9-16/h5-14,25H,1-4H3,(H,22,23,26)/t14-/m1/s1. The minimum absolute atomic E-state index is 0.0222. The van der Waals surface area contributed by atoms with Crippen LogP contribution >= 0.6 is 11.3 Å². The highest BCUT2D eigenvalue weighted by molar-refractivity contribution is 7.91. The van der Waals surface area contributed by atoms with Gasteiger partial charge in [0.05, 0.1) is 0 Å². The number of hydrogen-bond acceptors (Lipinski definition) is 6. The van der Waals surface area contributed by atoms with E-state index < -0.39 is 16.1 Å². The highest BCUT2D eigenvalue weighted by Gasteiger charge is 2.24. The zero-order valence-electron chi connectivity index (χ0n) is 17.2. The number of anilines is 1. The summed E-state index contributed by atoms with van der Waals surface area (Å²) < 4.78 is 27.8. The van der Waals surface area contributed by atoms with Gasteiger partial charge in [-0.1, -0.05) is 74.6 Å². The number of amides is 1. The van der Waals surface area contributed by atoms with E-state index in [0.29, 0.717) is 5.56 Å². The van der Waals surface area contributed by atoms with Gasteiger partial charge in [0.15, 0.2) is 0 Å². The molecule has 0 aliphatic carbocycles. The third kappa shape index (κ3) is 5.29. The van der Waals surface area contributed by atoms with Crippen LogP contribution in [-0.2, 0) is 15.4 Å². The van der Waals surface area contributed by atoms with Crippen LogP contribution in [0, 0.1) is 0 Å². The molecule has 3 aromatic rings. The Balaban J connectivity index is 1.69. The van der Waals surface area contributed by atoms with E-state index in [1.807, 2.05) is 24.3 Å². The van der Waals surface area contributed by atoms with E-state index in [4.69, 9.17) is 0 Å². The van der Waals surface area contributed by atoms with Gasteiger partial charge in [-0.05, 0) is 35.6 Å². The summed E-state index contributed by atoms with van der Waals surface area (Å²) in [7, 11) is -3.88. The zero-order chi connectivity index (χ0) is 21.9. The summed E-state index contributed by atoms with van der Waals surface area (Å²) in [6, 6.07) is 16.0. The highest BCUT2D eigenvalue weighted by atomic mass is 32.2. The van der Waals surface area contributed by atoms with Crippen molar-refractivity contribution in [2.45, 2.75) is 43.5 Å². The molecule has 1 aromatic heterocycles. The Kier molecular flexibility index (Phi) is 6.35. The van der Waals surface area contributed by atoms with Gasteiger partial charge in [-0.3, -0.25) is 10.1 Å². The molecule has 9 heteroatoms. The molecular weight excluding hydrogens is 420 g/mol. The molecule has 2 aromatic carbocycles. The Bertz CT molecular complexity index is 1120. The zero-order valence-corrected chi connectivity index (χ0v) is 18.8. The van der Waals surface area contributed by atoms with Crippen molar-refractivity contribution in [1.29, 1.82) is 0 Å². The number of nitrogens with zero attached hydrogens (tertiary/aromatic N) is 2. The van der Waals surface area contributed by atoms with Gasteiger partial charge in [-0.2, -0.15) is 0 Å². The Morgan fingerprint density at radius 3 is 2.23 bits per heavy atom. The quantitative estimate of drug-likeness (QED) is 0.557. The van der Waals surface area contributed by atoms with Crippen molar-refractivity contribution in [2.75, 3.05) is 5.32 Å². The molecular formula is C21H24N4O3S2. The first-order valence-electron chi connectivity index (χ1n) is 9.39. The third-order valence-electron chi connectivity index (χ3n) is 4.50. The number of carbonyl (C=O) groups excluding carboxylic acids is 1. The summed E-state index contributed by atoms with van der Waals surface area (Å²) in [5, 5.41) is 10.2. The van der Waals surface area contributed by atoms with Crippen LogP contribution in [-0.4, -0.2) is 24.5 Å². The Hall–Kier alpha value is -2.62. The predicted octanol–water partition coefficient (Wildman–Crippen LogP) is 4.13. The van der Waals surface area contributed by atoms with Crippen LogP contribution < -0.4 is 10.0 Å². The number of aromatic nitrogens is 2. The Morgan fingerprint density at radius 1 is 1.00 bits per heavy atom. The number of nitrogens with one attached hydrogen (secondary N) is 2. The molecule has 0 saturated carbocycles. The summed E-state index contributed by atoms with van der Waals surface area (Å²) >= 11 is 0.801. The minimum Gasteiger partial charge on any atom is -0.296 e. The van der Waals surface area contributed by atoms with Crippen LogP contribution in [0.5, 0.6) is 0 Å². The normalized spacial score (nSPS) is 13.1. The van der Waals surface area contributed by atoms with E-state index in [1.54, 1.807) is 37.3 Å². The van der Waals surface area contributed by atoms with Crippen LogP contribution in [0.25, 0.3) is 0 Å². The summed E-state index contributed by atoms with van der Waals surface area (Å²) in [6.07, 6.45) is 0. The summed E-state index contributed by atoms with van der Waals surface area (Å²) in [5.41, 5.74) is 2.48. The van der Waals surface area contributed by atoms with Gasteiger partial charge in [0.25, 0.3) is 15.9 Å². The molecule has 30 heavy (non-hydrogen) atoms. The number of benzene rings is 2. The van der Waals surface area contributed by atoms with E-state index in [1.165, 1.54) is 5.56 Å². The second kappa shape index (κ2) is 8.63. The smallest absolute Gasteiger partial charge is 0.270 e. The summed E-state index contributed by atoms with van der Waals surface area (Å²) in [6.45, 7) is 8.13. The summed E-state index contributed by atoms with van der Waals surface area (Å²) in [5.74, 6) is -0.379. The van der Waals surface area contributed by atoms with Crippen LogP contribution in [0.1, 0.15) is 55.2 Å². The van der Waals surface area contributed by atoms with E-state index in [0.717, 1.165) is 16.9 Å². The fourth-order valence-electron chi connectivity index (χ4n) is 2.75. The lowest BCUT2D eigenvalue weighted by atomic mass is 9.86. The van der Waals surface area contributed by atoms with Crippen molar-refractivity contribution >= 4 is 32.4 Å². The lowest BCUT2D eigenvalue weighted by Gasteiger charge is -2.20. The number of rotatable bonds is 6. The fraction of sp³-hybridized carbons (Fsp3) is 0.286. The first-order valence-corrected chi connectivity index (χ1v) is 11.7. The number of sulfonamides is 1. The van der Waals surface area contributed by atoms with Gasteiger partial charge in [-0.15, -0.1) is 10.2 Å². The molecule has 0 aliphatic rings. The van der Waals surface area contributed by atoms with Crippen LogP contribution in [0.3, 0.4) is 0 Å². The lowest BCUT2D eigenvalue weighted by Crippen LogP contribution is -2.27. The monoisotopic (exact) mass is 444 g/mol. The molecule has 0 saturated heterocycles. The maximum atomic E-state index is 12.7. The number of carbonyl (C=O) groups is 1. The lowest BCUT2D eigenvalue weighted by molar-refractivity contribution is 0.102.